The molecule has 0 aromatic carbocycles. The molecule has 0 saturated carbocycles. The molecule has 3 nitrogen and oxygen atoms in total. The molecular formula is C9H21NO2S. The Morgan fingerprint density at radius 1 is 1.46 bits per heavy atom. The molecule has 0 fully saturated rings. The Morgan fingerprint density at radius 2 is 2.23 bits per heavy atom. The molecule has 0 heterocycles. The van der Waals surface area contributed by atoms with Gasteiger partial charge in [-0.2, -0.15) is 11.8 Å². The second-order valence-corrected chi connectivity index (χ2v) is 3.88. The third kappa shape index (κ3) is 8.56. The average Bonchev–Trinajstić information content (AvgIpc) is 2.16. The average molecular weight is 207 g/mol. The van der Waals surface area contributed by atoms with Crippen molar-refractivity contribution >= 4 is 11.8 Å². The van der Waals surface area contributed by atoms with Gasteiger partial charge in [0.1, 0.15) is 0 Å². The van der Waals surface area contributed by atoms with E-state index in [0.717, 1.165) is 31.1 Å². The number of rotatable bonds is 9. The van der Waals surface area contributed by atoms with Gasteiger partial charge in [-0.3, -0.25) is 0 Å². The molecule has 13 heavy (non-hydrogen) atoms. The van der Waals surface area contributed by atoms with Crippen molar-refractivity contribution in [3.63, 3.8) is 0 Å². The quantitative estimate of drug-likeness (QED) is 0.575. The minimum atomic E-state index is 0.220. The van der Waals surface area contributed by atoms with Crippen LogP contribution in [0, 0.1) is 0 Å². The van der Waals surface area contributed by atoms with E-state index in [1.165, 1.54) is 0 Å². The summed E-state index contributed by atoms with van der Waals surface area (Å²) in [5, 5.41) is 0. The van der Waals surface area contributed by atoms with Gasteiger partial charge in [0.25, 0.3) is 0 Å². The first-order chi connectivity index (χ1) is 6.35. The van der Waals surface area contributed by atoms with Gasteiger partial charge in [0, 0.05) is 32.6 Å². The van der Waals surface area contributed by atoms with Gasteiger partial charge in [-0.15, -0.1) is 0 Å². The maximum Gasteiger partial charge on any atom is 0.0787 e. The number of thioether (sulfide) groups is 1. The van der Waals surface area contributed by atoms with Gasteiger partial charge >= 0.3 is 0 Å². The summed E-state index contributed by atoms with van der Waals surface area (Å²) in [5.74, 6) is 2.12. The lowest BCUT2D eigenvalue weighted by Crippen LogP contribution is -2.26. The number of methoxy groups -OCH3 is 1. The molecule has 2 N–H and O–H groups in total. The van der Waals surface area contributed by atoms with Crippen LogP contribution in [0.2, 0.25) is 0 Å². The summed E-state index contributed by atoms with van der Waals surface area (Å²) in [6.07, 6.45) is 1.32. The molecular weight excluding hydrogens is 186 g/mol. The topological polar surface area (TPSA) is 44.5 Å². The van der Waals surface area contributed by atoms with Crippen LogP contribution in [-0.2, 0) is 9.47 Å². The molecule has 0 bridgehead atoms. The van der Waals surface area contributed by atoms with Crippen molar-refractivity contribution in [3.05, 3.63) is 0 Å². The fourth-order valence-electron chi connectivity index (χ4n) is 0.940. The Balaban J connectivity index is 3.17. The molecule has 0 aliphatic carbocycles. The number of hydrogen-bond donors (Lipinski definition) is 1. The highest BCUT2D eigenvalue weighted by molar-refractivity contribution is 7.99. The van der Waals surface area contributed by atoms with E-state index in [9.17, 15) is 0 Å². The third-order valence-corrected chi connectivity index (χ3v) is 2.79. The smallest absolute Gasteiger partial charge is 0.0787 e. The van der Waals surface area contributed by atoms with Gasteiger partial charge in [0.2, 0.25) is 0 Å². The Bertz CT molecular complexity index is 104. The lowest BCUT2D eigenvalue weighted by atomic mass is 10.4. The molecule has 0 aromatic rings. The maximum atomic E-state index is 5.54. The fourth-order valence-corrected chi connectivity index (χ4v) is 1.92. The molecule has 0 amide bonds. The van der Waals surface area contributed by atoms with Crippen LogP contribution in [0.4, 0.5) is 0 Å². The summed E-state index contributed by atoms with van der Waals surface area (Å²) in [6.45, 7) is 4.21. The van der Waals surface area contributed by atoms with E-state index >= 15 is 0 Å². The second-order valence-electron chi connectivity index (χ2n) is 2.73. The highest BCUT2D eigenvalue weighted by Gasteiger charge is 2.04. The zero-order valence-electron chi connectivity index (χ0n) is 8.62. The van der Waals surface area contributed by atoms with E-state index in [4.69, 9.17) is 15.2 Å². The number of hydrogen-bond acceptors (Lipinski definition) is 4. The van der Waals surface area contributed by atoms with Crippen molar-refractivity contribution in [2.75, 3.05) is 38.4 Å². The van der Waals surface area contributed by atoms with Gasteiger partial charge in [-0.05, 0) is 19.1 Å². The van der Waals surface area contributed by atoms with E-state index in [2.05, 4.69) is 0 Å². The molecule has 0 aliphatic heterocycles. The first-order valence-corrected chi connectivity index (χ1v) is 5.89. The molecule has 0 rings (SSSR count). The van der Waals surface area contributed by atoms with Gasteiger partial charge in [0.05, 0.1) is 6.10 Å². The lowest BCUT2D eigenvalue weighted by Gasteiger charge is -2.13. The van der Waals surface area contributed by atoms with E-state index in [0.29, 0.717) is 6.54 Å². The van der Waals surface area contributed by atoms with Crippen LogP contribution in [0.3, 0.4) is 0 Å². The van der Waals surface area contributed by atoms with Crippen LogP contribution in [-0.4, -0.2) is 44.5 Å². The van der Waals surface area contributed by atoms with Crippen molar-refractivity contribution in [1.82, 2.24) is 0 Å². The van der Waals surface area contributed by atoms with Crippen molar-refractivity contribution in [1.29, 1.82) is 0 Å². The van der Waals surface area contributed by atoms with Crippen LogP contribution in [0.25, 0.3) is 0 Å². The van der Waals surface area contributed by atoms with Crippen molar-refractivity contribution in [2.45, 2.75) is 19.4 Å². The SMILES string of the molecule is CCOC(CN)CSCCCOC. The minimum absolute atomic E-state index is 0.220. The normalized spacial score (nSPS) is 13.2. The van der Waals surface area contributed by atoms with E-state index in [1.54, 1.807) is 7.11 Å². The monoisotopic (exact) mass is 207 g/mol. The van der Waals surface area contributed by atoms with Gasteiger partial charge in [-0.1, -0.05) is 0 Å². The van der Waals surface area contributed by atoms with Crippen LogP contribution < -0.4 is 5.73 Å². The molecule has 0 spiro atoms. The predicted octanol–water partition coefficient (Wildman–Crippen LogP) is 1.12. The van der Waals surface area contributed by atoms with Crippen molar-refractivity contribution in [3.8, 4) is 0 Å². The standard InChI is InChI=1S/C9H21NO2S/c1-3-12-9(7-10)8-13-6-4-5-11-2/h9H,3-8,10H2,1-2H3. The van der Waals surface area contributed by atoms with Crippen LogP contribution in [0.15, 0.2) is 0 Å². The molecule has 0 aromatic heterocycles. The summed E-state index contributed by atoms with van der Waals surface area (Å²) in [4.78, 5) is 0. The Morgan fingerprint density at radius 3 is 2.77 bits per heavy atom. The Kier molecular flexibility index (Phi) is 10.5. The zero-order chi connectivity index (χ0) is 9.94. The lowest BCUT2D eigenvalue weighted by molar-refractivity contribution is 0.0858. The number of nitrogens with two attached hydrogens (primary N) is 1. The van der Waals surface area contributed by atoms with Crippen molar-refractivity contribution < 1.29 is 9.47 Å². The summed E-state index contributed by atoms with van der Waals surface area (Å²) in [6, 6.07) is 0. The van der Waals surface area contributed by atoms with Crippen LogP contribution >= 0.6 is 11.8 Å². The second kappa shape index (κ2) is 10.3. The molecule has 4 heteroatoms. The summed E-state index contributed by atoms with van der Waals surface area (Å²) in [7, 11) is 1.73. The molecule has 1 atom stereocenters. The molecule has 80 valence electrons. The highest BCUT2D eigenvalue weighted by atomic mass is 32.2. The molecule has 0 radical (unpaired) electrons. The van der Waals surface area contributed by atoms with Gasteiger partial charge < -0.3 is 15.2 Å². The van der Waals surface area contributed by atoms with Gasteiger partial charge in [0.15, 0.2) is 0 Å². The summed E-state index contributed by atoms with van der Waals surface area (Å²) in [5.41, 5.74) is 5.54. The largest absolute Gasteiger partial charge is 0.385 e. The fraction of sp³-hybridized carbons (Fsp3) is 1.00. The first kappa shape index (κ1) is 13.2. The van der Waals surface area contributed by atoms with E-state index in [1.807, 2.05) is 18.7 Å². The number of ether oxygens (including phenoxy) is 2. The first-order valence-electron chi connectivity index (χ1n) is 4.73. The third-order valence-electron chi connectivity index (χ3n) is 1.61. The Hall–Kier alpha value is 0.230. The van der Waals surface area contributed by atoms with E-state index < -0.39 is 0 Å². The summed E-state index contributed by atoms with van der Waals surface area (Å²) >= 11 is 1.88. The zero-order valence-corrected chi connectivity index (χ0v) is 9.44. The van der Waals surface area contributed by atoms with Gasteiger partial charge in [-0.25, -0.2) is 0 Å². The Labute approximate surface area is 85.3 Å². The molecule has 0 aliphatic rings. The van der Waals surface area contributed by atoms with Crippen LogP contribution in [0.5, 0.6) is 0 Å². The molecule has 0 saturated heterocycles. The highest BCUT2D eigenvalue weighted by Crippen LogP contribution is 2.06. The summed E-state index contributed by atoms with van der Waals surface area (Å²) < 4.78 is 10.4. The maximum absolute atomic E-state index is 5.54. The van der Waals surface area contributed by atoms with E-state index in [-0.39, 0.29) is 6.10 Å². The van der Waals surface area contributed by atoms with Crippen molar-refractivity contribution in [2.24, 2.45) is 5.73 Å². The molecule has 1 unspecified atom stereocenters. The van der Waals surface area contributed by atoms with Crippen LogP contribution in [0.1, 0.15) is 13.3 Å². The predicted molar refractivity (Wildman–Crippen MR) is 58.3 cm³/mol. The minimum Gasteiger partial charge on any atom is -0.385 e.